The highest BCUT2D eigenvalue weighted by molar-refractivity contribution is 5.87. The van der Waals surface area contributed by atoms with Crippen LogP contribution < -0.4 is 5.73 Å². The van der Waals surface area contributed by atoms with Gasteiger partial charge < -0.3 is 16.2 Å². The largest absolute Gasteiger partial charge is 0.481 e. The first-order chi connectivity index (χ1) is 3.72. The minimum absolute atomic E-state index is 0.00116. The summed E-state index contributed by atoms with van der Waals surface area (Å²) in [6, 6.07) is 0. The van der Waals surface area contributed by atoms with Crippen molar-refractivity contribution in [3.05, 3.63) is 0 Å². The lowest BCUT2D eigenvalue weighted by Gasteiger charge is -1.97. The second kappa shape index (κ2) is 3.15. The van der Waals surface area contributed by atoms with Crippen LogP contribution in [-0.4, -0.2) is 23.8 Å². The summed E-state index contributed by atoms with van der Waals surface area (Å²) in [5.41, 5.74) is 4.95. The van der Waals surface area contributed by atoms with Crippen LogP contribution in [0.5, 0.6) is 0 Å². The number of carboxylic acid groups (broad SMARTS) is 1. The zero-order valence-corrected chi connectivity index (χ0v) is 4.29. The minimum atomic E-state index is -1.04. The predicted molar refractivity (Wildman–Crippen MR) is 29.0 cm³/mol. The van der Waals surface area contributed by atoms with Gasteiger partial charge in [0.05, 0.1) is 0 Å². The summed E-state index contributed by atoms with van der Waals surface area (Å²) in [5, 5.41) is 14.6. The average molecular weight is 116 g/mol. The predicted octanol–water partition coefficient (Wildman–Crippen LogP) is -0.705. The van der Waals surface area contributed by atoms with E-state index in [0.29, 0.717) is 0 Å². The van der Waals surface area contributed by atoms with Gasteiger partial charge in [0.1, 0.15) is 5.92 Å². The molecule has 0 aliphatic carbocycles. The molecule has 0 heterocycles. The summed E-state index contributed by atoms with van der Waals surface area (Å²) in [5.74, 6) is -1.85. The maximum atomic E-state index is 9.93. The number of carbonyl (C=O) groups is 1. The molecule has 0 aliphatic heterocycles. The number of nitrogens with one attached hydrogen (secondary N) is 1. The van der Waals surface area contributed by atoms with Crippen LogP contribution in [0.4, 0.5) is 0 Å². The van der Waals surface area contributed by atoms with Gasteiger partial charge >= 0.3 is 5.97 Å². The summed E-state index contributed by atoms with van der Waals surface area (Å²) in [7, 11) is 0. The van der Waals surface area contributed by atoms with E-state index in [-0.39, 0.29) is 6.54 Å². The van der Waals surface area contributed by atoms with Gasteiger partial charge in [-0.1, -0.05) is 0 Å². The molecule has 4 heteroatoms. The molecule has 0 rings (SSSR count). The Kier molecular flexibility index (Phi) is 2.79. The Bertz CT molecular complexity index is 102. The van der Waals surface area contributed by atoms with Crippen molar-refractivity contribution in [1.29, 1.82) is 5.41 Å². The number of hydrogen-bond donors (Lipinski definition) is 3. The van der Waals surface area contributed by atoms with Crippen molar-refractivity contribution in [2.75, 3.05) is 6.54 Å². The molecule has 8 heavy (non-hydrogen) atoms. The fraction of sp³-hybridized carbons (Fsp3) is 0.500. The van der Waals surface area contributed by atoms with Crippen LogP contribution in [-0.2, 0) is 4.79 Å². The Balaban J connectivity index is 3.69. The quantitative estimate of drug-likeness (QED) is 0.426. The van der Waals surface area contributed by atoms with Crippen molar-refractivity contribution in [1.82, 2.24) is 0 Å². The molecule has 0 aliphatic rings. The first-order valence-corrected chi connectivity index (χ1v) is 2.15. The van der Waals surface area contributed by atoms with Gasteiger partial charge in [0.25, 0.3) is 0 Å². The SMILES string of the molecule is N=CC(CN)C(=O)O. The second-order valence-electron chi connectivity index (χ2n) is 1.35. The Hall–Kier alpha value is -0.900. The van der Waals surface area contributed by atoms with E-state index in [1.165, 1.54) is 0 Å². The highest BCUT2D eigenvalue weighted by atomic mass is 16.4. The molecule has 0 spiro atoms. The van der Waals surface area contributed by atoms with Crippen molar-refractivity contribution in [2.45, 2.75) is 0 Å². The third kappa shape index (κ3) is 1.70. The molecule has 0 bridgehead atoms. The zero-order chi connectivity index (χ0) is 6.57. The van der Waals surface area contributed by atoms with Gasteiger partial charge in [-0.25, -0.2) is 0 Å². The summed E-state index contributed by atoms with van der Waals surface area (Å²) in [6.45, 7) is -0.00116. The lowest BCUT2D eigenvalue weighted by Crippen LogP contribution is -2.23. The lowest BCUT2D eigenvalue weighted by molar-refractivity contribution is -0.138. The van der Waals surface area contributed by atoms with Crippen molar-refractivity contribution in [3.63, 3.8) is 0 Å². The molecule has 4 N–H and O–H groups in total. The normalized spacial score (nSPS) is 12.6. The van der Waals surface area contributed by atoms with Gasteiger partial charge in [-0.15, -0.1) is 0 Å². The molecular formula is C4H8N2O2. The maximum Gasteiger partial charge on any atom is 0.313 e. The van der Waals surface area contributed by atoms with Crippen LogP contribution in [0, 0.1) is 11.3 Å². The topological polar surface area (TPSA) is 87.2 Å². The van der Waals surface area contributed by atoms with E-state index in [2.05, 4.69) is 0 Å². The highest BCUT2D eigenvalue weighted by Gasteiger charge is 2.09. The van der Waals surface area contributed by atoms with Crippen LogP contribution in [0.25, 0.3) is 0 Å². The third-order valence-electron chi connectivity index (χ3n) is 0.772. The van der Waals surface area contributed by atoms with Crippen LogP contribution in [0.3, 0.4) is 0 Å². The molecule has 46 valence electrons. The zero-order valence-electron chi connectivity index (χ0n) is 4.29. The first-order valence-electron chi connectivity index (χ1n) is 2.15. The van der Waals surface area contributed by atoms with Gasteiger partial charge in [-0.2, -0.15) is 0 Å². The molecule has 0 saturated carbocycles. The molecule has 1 atom stereocenters. The highest BCUT2D eigenvalue weighted by Crippen LogP contribution is 1.85. The smallest absolute Gasteiger partial charge is 0.313 e. The molecule has 0 saturated heterocycles. The van der Waals surface area contributed by atoms with Crippen LogP contribution in [0.1, 0.15) is 0 Å². The summed E-state index contributed by atoms with van der Waals surface area (Å²) in [4.78, 5) is 9.93. The monoisotopic (exact) mass is 116 g/mol. The molecule has 1 unspecified atom stereocenters. The first kappa shape index (κ1) is 7.10. The Morgan fingerprint density at radius 3 is 2.50 bits per heavy atom. The van der Waals surface area contributed by atoms with E-state index >= 15 is 0 Å². The molecule has 0 aromatic carbocycles. The average Bonchev–Trinajstić information content (AvgIpc) is 1.69. The van der Waals surface area contributed by atoms with Crippen LogP contribution in [0.2, 0.25) is 0 Å². The molecule has 0 fully saturated rings. The van der Waals surface area contributed by atoms with Crippen molar-refractivity contribution >= 4 is 12.2 Å². The van der Waals surface area contributed by atoms with E-state index in [9.17, 15) is 4.79 Å². The molecule has 0 aromatic heterocycles. The van der Waals surface area contributed by atoms with Gasteiger partial charge in [-0.05, 0) is 0 Å². The van der Waals surface area contributed by atoms with E-state index < -0.39 is 11.9 Å². The van der Waals surface area contributed by atoms with Gasteiger partial charge in [0, 0.05) is 12.8 Å². The van der Waals surface area contributed by atoms with E-state index in [1.54, 1.807) is 0 Å². The van der Waals surface area contributed by atoms with E-state index in [4.69, 9.17) is 16.2 Å². The second-order valence-corrected chi connectivity index (χ2v) is 1.35. The summed E-state index contributed by atoms with van der Waals surface area (Å²) in [6.07, 6.45) is 0.822. The Morgan fingerprint density at radius 1 is 2.00 bits per heavy atom. The fourth-order valence-electron chi connectivity index (χ4n) is 0.240. The number of aliphatic carboxylic acids is 1. The van der Waals surface area contributed by atoms with Crippen LogP contribution >= 0.6 is 0 Å². The van der Waals surface area contributed by atoms with E-state index in [1.807, 2.05) is 0 Å². The summed E-state index contributed by atoms with van der Waals surface area (Å²) < 4.78 is 0. The molecule has 0 aromatic rings. The standard InChI is InChI=1S/C4H8N2O2/c5-1-3(2-6)4(7)8/h1,3,5H,2,6H2,(H,7,8). The molecular weight excluding hydrogens is 108 g/mol. The minimum Gasteiger partial charge on any atom is -0.481 e. The van der Waals surface area contributed by atoms with Crippen molar-refractivity contribution < 1.29 is 9.90 Å². The third-order valence-corrected chi connectivity index (χ3v) is 0.772. The van der Waals surface area contributed by atoms with Gasteiger partial charge in [-0.3, -0.25) is 4.79 Å². The molecule has 4 nitrogen and oxygen atoms in total. The van der Waals surface area contributed by atoms with Gasteiger partial charge in [0.2, 0.25) is 0 Å². The number of nitrogens with two attached hydrogens (primary N) is 1. The Morgan fingerprint density at radius 2 is 2.50 bits per heavy atom. The molecule has 0 radical (unpaired) electrons. The Labute approximate surface area is 46.8 Å². The number of rotatable bonds is 3. The van der Waals surface area contributed by atoms with Crippen LogP contribution in [0.15, 0.2) is 0 Å². The lowest BCUT2D eigenvalue weighted by atomic mass is 10.2. The van der Waals surface area contributed by atoms with Crippen molar-refractivity contribution in [3.8, 4) is 0 Å². The number of hydrogen-bond acceptors (Lipinski definition) is 3. The fourth-order valence-corrected chi connectivity index (χ4v) is 0.240. The summed E-state index contributed by atoms with van der Waals surface area (Å²) >= 11 is 0. The number of carboxylic acids is 1. The van der Waals surface area contributed by atoms with E-state index in [0.717, 1.165) is 6.21 Å². The maximum absolute atomic E-state index is 9.93. The van der Waals surface area contributed by atoms with Gasteiger partial charge in [0.15, 0.2) is 0 Å². The van der Waals surface area contributed by atoms with Crippen molar-refractivity contribution in [2.24, 2.45) is 11.7 Å². The molecule has 0 amide bonds.